The molecule has 2 heterocycles. The molecule has 0 spiro atoms. The first kappa shape index (κ1) is 19.8. The van der Waals surface area contributed by atoms with Crippen LogP contribution in [-0.2, 0) is 19.5 Å². The van der Waals surface area contributed by atoms with Crippen LogP contribution in [0.1, 0.15) is 29.6 Å². The summed E-state index contributed by atoms with van der Waals surface area (Å²) >= 11 is 0. The van der Waals surface area contributed by atoms with Crippen molar-refractivity contribution in [3.8, 4) is 0 Å². The van der Waals surface area contributed by atoms with Gasteiger partial charge in [0.25, 0.3) is 0 Å². The SMILES string of the molecule is COC(=O)c1cnc(NC[C@H]2CC=CCC2)c(S(=O)(=O)N2CCOCC2)c1. The smallest absolute Gasteiger partial charge is 0.339 e. The molecule has 0 bridgehead atoms. The molecule has 3 rings (SSSR count). The second kappa shape index (κ2) is 8.81. The first-order valence-corrected chi connectivity index (χ1v) is 10.5. The van der Waals surface area contributed by atoms with Gasteiger partial charge in [-0.05, 0) is 31.2 Å². The van der Waals surface area contributed by atoms with Crippen molar-refractivity contribution in [1.29, 1.82) is 0 Å². The van der Waals surface area contributed by atoms with Crippen LogP contribution in [-0.4, -0.2) is 63.6 Å². The van der Waals surface area contributed by atoms with Crippen LogP contribution in [0, 0.1) is 5.92 Å². The molecule has 1 N–H and O–H groups in total. The Labute approximate surface area is 159 Å². The minimum atomic E-state index is -3.80. The van der Waals surface area contributed by atoms with E-state index in [0.717, 1.165) is 19.3 Å². The lowest BCUT2D eigenvalue weighted by Crippen LogP contribution is -2.41. The summed E-state index contributed by atoms with van der Waals surface area (Å²) in [5.41, 5.74) is 0.107. The van der Waals surface area contributed by atoms with Gasteiger partial charge in [0.1, 0.15) is 10.7 Å². The molecule has 2 aliphatic rings. The molecule has 1 saturated heterocycles. The second-order valence-corrected chi connectivity index (χ2v) is 8.52. The van der Waals surface area contributed by atoms with Gasteiger partial charge in [-0.2, -0.15) is 4.31 Å². The summed E-state index contributed by atoms with van der Waals surface area (Å²) in [5.74, 6) is 0.0737. The topological polar surface area (TPSA) is 97.8 Å². The van der Waals surface area contributed by atoms with Gasteiger partial charge in [0.2, 0.25) is 10.0 Å². The molecule has 148 valence electrons. The van der Waals surface area contributed by atoms with Gasteiger partial charge in [-0.3, -0.25) is 0 Å². The molecule has 0 radical (unpaired) electrons. The summed E-state index contributed by atoms with van der Waals surface area (Å²) in [6.45, 7) is 1.87. The van der Waals surface area contributed by atoms with E-state index < -0.39 is 16.0 Å². The number of aromatic nitrogens is 1. The molecule has 27 heavy (non-hydrogen) atoms. The fraction of sp³-hybridized carbons (Fsp3) is 0.556. The number of nitrogens with one attached hydrogen (secondary N) is 1. The van der Waals surface area contributed by atoms with Crippen molar-refractivity contribution in [3.63, 3.8) is 0 Å². The minimum absolute atomic E-state index is 0.00125. The van der Waals surface area contributed by atoms with E-state index in [4.69, 9.17) is 9.47 Å². The average molecular weight is 395 g/mol. The predicted octanol–water partition coefficient (Wildman–Crippen LogP) is 1.66. The highest BCUT2D eigenvalue weighted by Gasteiger charge is 2.30. The number of hydrogen-bond acceptors (Lipinski definition) is 7. The number of morpholine rings is 1. The highest BCUT2D eigenvalue weighted by molar-refractivity contribution is 7.89. The van der Waals surface area contributed by atoms with Gasteiger partial charge in [-0.15, -0.1) is 0 Å². The number of rotatable bonds is 6. The molecule has 8 nitrogen and oxygen atoms in total. The number of methoxy groups -OCH3 is 1. The van der Waals surface area contributed by atoms with Crippen LogP contribution in [0.3, 0.4) is 0 Å². The first-order chi connectivity index (χ1) is 13.0. The van der Waals surface area contributed by atoms with Gasteiger partial charge in [0.15, 0.2) is 0 Å². The van der Waals surface area contributed by atoms with Gasteiger partial charge in [-0.1, -0.05) is 12.2 Å². The fourth-order valence-electron chi connectivity index (χ4n) is 3.21. The summed E-state index contributed by atoms with van der Waals surface area (Å²) in [6, 6.07) is 1.34. The number of carbonyl (C=O) groups is 1. The van der Waals surface area contributed by atoms with Crippen molar-refractivity contribution >= 4 is 21.8 Å². The Kier molecular flexibility index (Phi) is 6.46. The van der Waals surface area contributed by atoms with E-state index in [-0.39, 0.29) is 29.4 Å². The molecule has 0 aromatic carbocycles. The molecule has 1 aromatic rings. The maximum Gasteiger partial charge on any atom is 0.339 e. The lowest BCUT2D eigenvalue weighted by Gasteiger charge is -2.27. The number of nitrogens with zero attached hydrogens (tertiary/aromatic N) is 2. The zero-order valence-corrected chi connectivity index (χ0v) is 16.2. The Morgan fingerprint density at radius 3 is 2.81 bits per heavy atom. The number of ether oxygens (including phenoxy) is 2. The van der Waals surface area contributed by atoms with Crippen LogP contribution in [0.2, 0.25) is 0 Å². The van der Waals surface area contributed by atoms with Crippen LogP contribution in [0.15, 0.2) is 29.3 Å². The Morgan fingerprint density at radius 1 is 1.37 bits per heavy atom. The lowest BCUT2D eigenvalue weighted by atomic mass is 9.94. The quantitative estimate of drug-likeness (QED) is 0.578. The number of hydrogen-bond donors (Lipinski definition) is 1. The third-order valence-corrected chi connectivity index (χ3v) is 6.71. The zero-order valence-electron chi connectivity index (χ0n) is 15.4. The van der Waals surface area contributed by atoms with E-state index in [1.807, 2.05) is 0 Å². The summed E-state index contributed by atoms with van der Waals surface area (Å²) in [7, 11) is -2.55. The second-order valence-electron chi connectivity index (χ2n) is 6.61. The van der Waals surface area contributed by atoms with E-state index in [2.05, 4.69) is 22.5 Å². The Hall–Kier alpha value is -1.97. The van der Waals surface area contributed by atoms with Crippen molar-refractivity contribution in [3.05, 3.63) is 30.0 Å². The normalized spacial score (nSPS) is 21.0. The molecule has 0 amide bonds. The molecular weight excluding hydrogens is 370 g/mol. The minimum Gasteiger partial charge on any atom is -0.465 e. The van der Waals surface area contributed by atoms with E-state index in [0.29, 0.717) is 25.7 Å². The third kappa shape index (κ3) is 4.66. The zero-order chi connectivity index (χ0) is 19.3. The monoisotopic (exact) mass is 395 g/mol. The summed E-state index contributed by atoms with van der Waals surface area (Å²) in [4.78, 5) is 16.1. The molecule has 1 fully saturated rings. The molecule has 1 aliphatic heterocycles. The molecule has 1 aromatic heterocycles. The van der Waals surface area contributed by atoms with Crippen molar-refractivity contribution in [2.45, 2.75) is 24.2 Å². The molecule has 0 saturated carbocycles. The Bertz CT molecular complexity index is 803. The van der Waals surface area contributed by atoms with Crippen LogP contribution in [0.25, 0.3) is 0 Å². The van der Waals surface area contributed by atoms with Gasteiger partial charge >= 0.3 is 5.97 Å². The number of carbonyl (C=O) groups excluding carboxylic acids is 1. The standard InChI is InChI=1S/C18H25N3O5S/c1-25-18(22)15-11-16(27(23,24)21-7-9-26-10-8-21)17(20-13-15)19-12-14-5-3-2-4-6-14/h2-3,11,13-14H,4-10,12H2,1H3,(H,19,20)/t14-/m0/s1. The van der Waals surface area contributed by atoms with Crippen molar-refractivity contribution in [1.82, 2.24) is 9.29 Å². The number of esters is 1. The molecule has 0 unspecified atom stereocenters. The van der Waals surface area contributed by atoms with Gasteiger partial charge in [0, 0.05) is 25.8 Å². The van der Waals surface area contributed by atoms with Crippen molar-refractivity contribution < 1.29 is 22.7 Å². The van der Waals surface area contributed by atoms with E-state index >= 15 is 0 Å². The summed E-state index contributed by atoms with van der Waals surface area (Å²) < 4.78 is 37.6. The van der Waals surface area contributed by atoms with Crippen molar-refractivity contribution in [2.75, 3.05) is 45.3 Å². The highest BCUT2D eigenvalue weighted by Crippen LogP contribution is 2.26. The number of pyridine rings is 1. The van der Waals surface area contributed by atoms with E-state index in [1.54, 1.807) is 0 Å². The van der Waals surface area contributed by atoms with E-state index in [9.17, 15) is 13.2 Å². The van der Waals surface area contributed by atoms with Crippen LogP contribution in [0.5, 0.6) is 0 Å². The summed E-state index contributed by atoms with van der Waals surface area (Å²) in [5, 5.41) is 3.18. The highest BCUT2D eigenvalue weighted by atomic mass is 32.2. The summed E-state index contributed by atoms with van der Waals surface area (Å²) in [6.07, 6.45) is 8.69. The number of sulfonamides is 1. The number of allylic oxidation sites excluding steroid dienone is 2. The maximum absolute atomic E-state index is 13.1. The lowest BCUT2D eigenvalue weighted by molar-refractivity contribution is 0.0600. The van der Waals surface area contributed by atoms with E-state index in [1.165, 1.54) is 23.7 Å². The maximum atomic E-state index is 13.1. The van der Waals surface area contributed by atoms with Crippen molar-refractivity contribution in [2.24, 2.45) is 5.92 Å². The molecule has 9 heteroatoms. The average Bonchev–Trinajstić information content (AvgIpc) is 2.73. The van der Waals surface area contributed by atoms with Gasteiger partial charge < -0.3 is 14.8 Å². The number of anilines is 1. The predicted molar refractivity (Wildman–Crippen MR) is 100 cm³/mol. The van der Waals surface area contributed by atoms with Crippen LogP contribution in [0.4, 0.5) is 5.82 Å². The molecule has 1 atom stereocenters. The first-order valence-electron chi connectivity index (χ1n) is 9.07. The largest absolute Gasteiger partial charge is 0.465 e. The third-order valence-electron chi connectivity index (χ3n) is 4.80. The van der Waals surface area contributed by atoms with Crippen LogP contribution >= 0.6 is 0 Å². The van der Waals surface area contributed by atoms with Crippen LogP contribution < -0.4 is 5.32 Å². The Morgan fingerprint density at radius 2 is 2.15 bits per heavy atom. The van der Waals surface area contributed by atoms with Gasteiger partial charge in [-0.25, -0.2) is 18.2 Å². The van der Waals surface area contributed by atoms with Gasteiger partial charge in [0.05, 0.1) is 25.9 Å². The molecular formula is C18H25N3O5S. The Balaban J connectivity index is 1.89. The molecule has 1 aliphatic carbocycles. The fourth-order valence-corrected chi connectivity index (χ4v) is 4.77.